The SMILES string of the molecule is COCCN1C[C@H](C)N(C(=O)N2CC3=C(CN=C3NC(=O)c3ccc(F)cn3)C2(C)C)C[C@H]1C. The molecule has 0 bridgehead atoms. The Morgan fingerprint density at radius 2 is 2.00 bits per heavy atom. The number of aliphatic imine (C=N–C) groups is 1. The van der Waals surface area contributed by atoms with Crippen molar-refractivity contribution in [3.05, 3.63) is 41.0 Å². The van der Waals surface area contributed by atoms with Crippen LogP contribution in [0.25, 0.3) is 0 Å². The summed E-state index contributed by atoms with van der Waals surface area (Å²) in [4.78, 5) is 40.9. The van der Waals surface area contributed by atoms with Crippen LogP contribution in [0.3, 0.4) is 0 Å². The first kappa shape index (κ1) is 24.3. The number of nitrogens with one attached hydrogen (secondary N) is 1. The molecule has 1 N–H and O–H groups in total. The summed E-state index contributed by atoms with van der Waals surface area (Å²) in [6.45, 7) is 12.0. The topological polar surface area (TPSA) is 90.4 Å². The fourth-order valence-electron chi connectivity index (χ4n) is 4.99. The smallest absolute Gasteiger partial charge is 0.321 e. The van der Waals surface area contributed by atoms with Crippen LogP contribution in [-0.4, -0.2) is 102 Å². The zero-order valence-electron chi connectivity index (χ0n) is 20.5. The summed E-state index contributed by atoms with van der Waals surface area (Å²) in [6, 6.07) is 2.83. The maximum Gasteiger partial charge on any atom is 0.321 e. The third kappa shape index (κ3) is 4.44. The van der Waals surface area contributed by atoms with Crippen LogP contribution in [0.4, 0.5) is 9.18 Å². The van der Waals surface area contributed by atoms with Crippen LogP contribution in [-0.2, 0) is 4.74 Å². The third-order valence-electron chi connectivity index (χ3n) is 7.14. The largest absolute Gasteiger partial charge is 0.383 e. The van der Waals surface area contributed by atoms with Crippen LogP contribution < -0.4 is 5.32 Å². The standard InChI is InChI=1S/C24H33FN6O3/c1-15-13-30(16(2)12-29(15)8-9-34-5)23(33)31-14-18-19(24(31,3)4)11-27-21(18)28-22(32)20-7-6-17(25)10-26-20/h6-7,10,15-16H,8-9,11-14H2,1-5H3,(H,27,28,32)/t15-,16+/m1/s1. The highest BCUT2D eigenvalue weighted by Gasteiger charge is 2.48. The van der Waals surface area contributed by atoms with E-state index in [4.69, 9.17) is 4.74 Å². The van der Waals surface area contributed by atoms with Crippen molar-refractivity contribution in [1.82, 2.24) is 25.0 Å². The number of amidine groups is 1. The second kappa shape index (κ2) is 9.42. The van der Waals surface area contributed by atoms with E-state index in [-0.39, 0.29) is 23.8 Å². The van der Waals surface area contributed by atoms with Gasteiger partial charge in [-0.15, -0.1) is 0 Å². The minimum absolute atomic E-state index is 0.00369. The van der Waals surface area contributed by atoms with Crippen molar-refractivity contribution in [2.24, 2.45) is 4.99 Å². The lowest BCUT2D eigenvalue weighted by atomic mass is 9.94. The van der Waals surface area contributed by atoms with Crippen LogP contribution >= 0.6 is 0 Å². The molecular formula is C24H33FN6O3. The van der Waals surface area contributed by atoms with Gasteiger partial charge in [0.25, 0.3) is 5.91 Å². The highest BCUT2D eigenvalue weighted by Crippen LogP contribution is 2.39. The average Bonchev–Trinajstić information content (AvgIpc) is 3.32. The predicted molar refractivity (Wildman–Crippen MR) is 126 cm³/mol. The Hall–Kier alpha value is -2.85. The number of rotatable bonds is 4. The van der Waals surface area contributed by atoms with E-state index in [1.54, 1.807) is 7.11 Å². The molecule has 0 aliphatic carbocycles. The number of pyridine rings is 1. The molecule has 3 aliphatic heterocycles. The molecule has 0 spiro atoms. The lowest BCUT2D eigenvalue weighted by Gasteiger charge is -2.47. The quantitative estimate of drug-likeness (QED) is 0.723. The molecule has 0 unspecified atom stereocenters. The molecule has 9 nitrogen and oxygen atoms in total. The number of amides is 3. The minimum atomic E-state index is -0.521. The number of nitrogens with zero attached hydrogens (tertiary/aromatic N) is 5. The molecule has 1 saturated heterocycles. The Morgan fingerprint density at radius 1 is 1.24 bits per heavy atom. The molecule has 3 aliphatic rings. The molecule has 1 fully saturated rings. The summed E-state index contributed by atoms with van der Waals surface area (Å²) < 4.78 is 18.4. The van der Waals surface area contributed by atoms with Gasteiger partial charge in [0.2, 0.25) is 0 Å². The van der Waals surface area contributed by atoms with Gasteiger partial charge in [-0.05, 0) is 45.4 Å². The van der Waals surface area contributed by atoms with Gasteiger partial charge in [0.05, 0.1) is 31.4 Å². The maximum atomic E-state index is 13.7. The van der Waals surface area contributed by atoms with E-state index >= 15 is 0 Å². The van der Waals surface area contributed by atoms with Crippen LogP contribution in [0.1, 0.15) is 38.2 Å². The molecule has 4 heterocycles. The highest BCUT2D eigenvalue weighted by atomic mass is 19.1. The summed E-state index contributed by atoms with van der Waals surface area (Å²) in [6.07, 6.45) is 1.01. The summed E-state index contributed by atoms with van der Waals surface area (Å²) in [5.41, 5.74) is 1.49. The second-order valence-electron chi connectivity index (χ2n) is 9.70. The van der Waals surface area contributed by atoms with Crippen molar-refractivity contribution < 1.29 is 18.7 Å². The van der Waals surface area contributed by atoms with Gasteiger partial charge in [0.1, 0.15) is 17.3 Å². The Bertz CT molecular complexity index is 1020. The number of halogens is 1. The molecule has 0 radical (unpaired) electrons. The van der Waals surface area contributed by atoms with Gasteiger partial charge < -0.3 is 19.9 Å². The zero-order chi connectivity index (χ0) is 24.6. The van der Waals surface area contributed by atoms with Crippen LogP contribution in [0.5, 0.6) is 0 Å². The van der Waals surface area contributed by atoms with Crippen molar-refractivity contribution >= 4 is 17.8 Å². The molecule has 34 heavy (non-hydrogen) atoms. The Balaban J connectivity index is 1.45. The monoisotopic (exact) mass is 472 g/mol. The predicted octanol–water partition coefficient (Wildman–Crippen LogP) is 1.91. The lowest BCUT2D eigenvalue weighted by Crippen LogP contribution is -2.62. The molecule has 184 valence electrons. The number of hydrogen-bond donors (Lipinski definition) is 1. The second-order valence-corrected chi connectivity index (χ2v) is 9.70. The van der Waals surface area contributed by atoms with E-state index in [1.807, 2.05) is 23.6 Å². The number of aromatic nitrogens is 1. The normalized spacial score (nSPS) is 24.4. The van der Waals surface area contributed by atoms with E-state index in [2.05, 4.69) is 34.0 Å². The van der Waals surface area contributed by atoms with Gasteiger partial charge in [0.15, 0.2) is 0 Å². The molecule has 0 saturated carbocycles. The summed E-state index contributed by atoms with van der Waals surface area (Å²) in [5, 5.41) is 2.80. The van der Waals surface area contributed by atoms with E-state index in [0.29, 0.717) is 32.1 Å². The average molecular weight is 473 g/mol. The van der Waals surface area contributed by atoms with E-state index in [1.165, 1.54) is 12.1 Å². The van der Waals surface area contributed by atoms with Crippen molar-refractivity contribution in [2.75, 3.05) is 46.4 Å². The van der Waals surface area contributed by atoms with E-state index < -0.39 is 17.3 Å². The van der Waals surface area contributed by atoms with Gasteiger partial charge in [-0.3, -0.25) is 14.7 Å². The van der Waals surface area contributed by atoms with Gasteiger partial charge >= 0.3 is 6.03 Å². The van der Waals surface area contributed by atoms with E-state index in [9.17, 15) is 14.0 Å². The lowest BCUT2D eigenvalue weighted by molar-refractivity contribution is 0.0299. The number of hydrogen-bond acceptors (Lipinski definition) is 6. The summed E-state index contributed by atoms with van der Waals surface area (Å²) in [7, 11) is 1.70. The minimum Gasteiger partial charge on any atom is -0.383 e. The molecule has 10 heteroatoms. The fourth-order valence-corrected chi connectivity index (χ4v) is 4.99. The Morgan fingerprint density at radius 3 is 2.68 bits per heavy atom. The Kier molecular flexibility index (Phi) is 6.73. The number of urea groups is 1. The molecule has 1 aromatic heterocycles. The number of carbonyl (C=O) groups is 2. The summed E-state index contributed by atoms with van der Waals surface area (Å²) in [5.74, 6) is -0.500. The fraction of sp³-hybridized carbons (Fsp3) is 0.583. The van der Waals surface area contributed by atoms with Crippen molar-refractivity contribution in [1.29, 1.82) is 0 Å². The molecule has 1 aromatic rings. The number of piperazine rings is 1. The van der Waals surface area contributed by atoms with Gasteiger partial charge in [0, 0.05) is 44.4 Å². The van der Waals surface area contributed by atoms with E-state index in [0.717, 1.165) is 30.4 Å². The molecular weight excluding hydrogens is 439 g/mol. The molecule has 3 amide bonds. The van der Waals surface area contributed by atoms with Crippen molar-refractivity contribution in [2.45, 2.75) is 45.3 Å². The first-order chi connectivity index (χ1) is 16.1. The molecule has 4 rings (SSSR count). The highest BCUT2D eigenvalue weighted by molar-refractivity contribution is 6.14. The van der Waals surface area contributed by atoms with Crippen LogP contribution in [0.15, 0.2) is 34.5 Å². The Labute approximate surface area is 199 Å². The van der Waals surface area contributed by atoms with Crippen molar-refractivity contribution in [3.8, 4) is 0 Å². The number of carbonyl (C=O) groups excluding carboxylic acids is 2. The maximum absolute atomic E-state index is 13.7. The van der Waals surface area contributed by atoms with Crippen molar-refractivity contribution in [3.63, 3.8) is 0 Å². The van der Waals surface area contributed by atoms with Crippen LogP contribution in [0, 0.1) is 5.82 Å². The zero-order valence-corrected chi connectivity index (χ0v) is 20.5. The molecule has 0 aromatic carbocycles. The first-order valence-corrected chi connectivity index (χ1v) is 11.6. The number of methoxy groups -OCH3 is 1. The van der Waals surface area contributed by atoms with Gasteiger partial charge in [-0.2, -0.15) is 0 Å². The first-order valence-electron chi connectivity index (χ1n) is 11.6. The van der Waals surface area contributed by atoms with Gasteiger partial charge in [-0.1, -0.05) is 0 Å². The number of ether oxygens (including phenoxy) is 1. The summed E-state index contributed by atoms with van der Waals surface area (Å²) >= 11 is 0. The van der Waals surface area contributed by atoms with Gasteiger partial charge in [-0.25, -0.2) is 14.2 Å². The third-order valence-corrected chi connectivity index (χ3v) is 7.14. The van der Waals surface area contributed by atoms with Crippen LogP contribution in [0.2, 0.25) is 0 Å². The molecule has 2 atom stereocenters.